The van der Waals surface area contributed by atoms with Crippen LogP contribution in [0.1, 0.15) is 38.1 Å². The predicted molar refractivity (Wildman–Crippen MR) is 96.4 cm³/mol. The molecule has 3 N–H and O–H groups in total. The van der Waals surface area contributed by atoms with Gasteiger partial charge in [0.25, 0.3) is 0 Å². The molecule has 0 bridgehead atoms. The van der Waals surface area contributed by atoms with Gasteiger partial charge in [0.05, 0.1) is 17.5 Å². The maximum Gasteiger partial charge on any atom is 0.417 e. The average molecular weight is 416 g/mol. The molecule has 2 heterocycles. The van der Waals surface area contributed by atoms with Crippen LogP contribution >= 0.6 is 24.8 Å². The number of rotatable bonds is 6. The minimum absolute atomic E-state index is 0. The van der Waals surface area contributed by atoms with Crippen LogP contribution in [0.4, 0.5) is 13.2 Å². The highest BCUT2D eigenvalue weighted by molar-refractivity contribution is 5.85. The standard InChI is InChI=1S/C15H20F3N5O.2ClH/c1-3-14(4-2,9-19)13(24)20-7-12-22-21-11-6-5-10(8-23(11)12)15(16,17)18;;/h5-6,8H,3-4,7,9,19H2,1-2H3,(H,20,24);2*1H. The summed E-state index contributed by atoms with van der Waals surface area (Å²) in [6.45, 7) is 3.92. The maximum absolute atomic E-state index is 12.8. The molecule has 0 spiro atoms. The smallest absolute Gasteiger partial charge is 0.348 e. The molecular weight excluding hydrogens is 394 g/mol. The third-order valence-corrected chi connectivity index (χ3v) is 4.43. The number of amides is 1. The fraction of sp³-hybridized carbons (Fsp3) is 0.533. The molecule has 0 saturated heterocycles. The molecule has 6 nitrogen and oxygen atoms in total. The Morgan fingerprint density at radius 3 is 2.31 bits per heavy atom. The lowest BCUT2D eigenvalue weighted by atomic mass is 9.81. The number of carbonyl (C=O) groups is 1. The van der Waals surface area contributed by atoms with Gasteiger partial charge in [0.1, 0.15) is 0 Å². The number of halogens is 5. The normalized spacial score (nSPS) is 11.6. The van der Waals surface area contributed by atoms with E-state index in [1.54, 1.807) is 0 Å². The number of alkyl halides is 3. The highest BCUT2D eigenvalue weighted by atomic mass is 35.5. The van der Waals surface area contributed by atoms with Gasteiger partial charge in [-0.3, -0.25) is 9.20 Å². The van der Waals surface area contributed by atoms with E-state index in [1.807, 2.05) is 13.8 Å². The molecule has 0 aromatic carbocycles. The Kier molecular flexibility index (Phi) is 8.81. The highest BCUT2D eigenvalue weighted by Crippen LogP contribution is 2.29. The summed E-state index contributed by atoms with van der Waals surface area (Å²) in [5.41, 5.74) is 4.51. The minimum Gasteiger partial charge on any atom is -0.348 e. The van der Waals surface area contributed by atoms with Gasteiger partial charge in [-0.2, -0.15) is 13.2 Å². The molecule has 2 aromatic rings. The summed E-state index contributed by atoms with van der Waals surface area (Å²) in [6.07, 6.45) is -2.39. The molecule has 0 radical (unpaired) electrons. The monoisotopic (exact) mass is 415 g/mol. The van der Waals surface area contributed by atoms with Gasteiger partial charge in [0.15, 0.2) is 11.5 Å². The van der Waals surface area contributed by atoms with E-state index in [4.69, 9.17) is 5.73 Å². The second kappa shape index (κ2) is 9.38. The molecule has 0 fully saturated rings. The first-order chi connectivity index (χ1) is 11.3. The molecule has 0 aliphatic carbocycles. The SMILES string of the molecule is CCC(CC)(CN)C(=O)NCc1nnc2ccc(C(F)(F)F)cn12.Cl.Cl. The lowest BCUT2D eigenvalue weighted by Crippen LogP contribution is -2.45. The zero-order chi connectivity index (χ0) is 18.0. The predicted octanol–water partition coefficient (Wildman–Crippen LogP) is 2.97. The average Bonchev–Trinajstić information content (AvgIpc) is 2.96. The van der Waals surface area contributed by atoms with Gasteiger partial charge in [0.2, 0.25) is 5.91 Å². The number of pyridine rings is 1. The van der Waals surface area contributed by atoms with Crippen LogP contribution in [-0.2, 0) is 17.5 Å². The lowest BCUT2D eigenvalue weighted by Gasteiger charge is -2.28. The van der Waals surface area contributed by atoms with Gasteiger partial charge < -0.3 is 11.1 Å². The first kappa shape index (κ1) is 24.4. The van der Waals surface area contributed by atoms with E-state index >= 15 is 0 Å². The number of hydrogen-bond donors (Lipinski definition) is 2. The summed E-state index contributed by atoms with van der Waals surface area (Å²) in [5, 5.41) is 10.4. The van der Waals surface area contributed by atoms with Gasteiger partial charge in [0, 0.05) is 12.7 Å². The zero-order valence-corrected chi connectivity index (χ0v) is 16.0. The Hall–Kier alpha value is -1.58. The second-order valence-electron chi connectivity index (χ2n) is 5.63. The topological polar surface area (TPSA) is 85.3 Å². The van der Waals surface area contributed by atoms with Crippen LogP contribution in [0.3, 0.4) is 0 Å². The molecule has 26 heavy (non-hydrogen) atoms. The van der Waals surface area contributed by atoms with Crippen molar-refractivity contribution in [1.29, 1.82) is 0 Å². The molecule has 2 aromatic heterocycles. The van der Waals surface area contributed by atoms with Crippen LogP contribution in [0.5, 0.6) is 0 Å². The van der Waals surface area contributed by atoms with Crippen molar-refractivity contribution in [2.75, 3.05) is 6.54 Å². The van der Waals surface area contributed by atoms with E-state index in [-0.39, 0.29) is 55.3 Å². The fourth-order valence-corrected chi connectivity index (χ4v) is 2.53. The molecule has 0 aliphatic heterocycles. The van der Waals surface area contributed by atoms with E-state index < -0.39 is 17.2 Å². The Morgan fingerprint density at radius 1 is 1.19 bits per heavy atom. The molecule has 148 valence electrons. The Balaban J connectivity index is 0.00000312. The lowest BCUT2D eigenvalue weighted by molar-refractivity contribution is -0.138. The van der Waals surface area contributed by atoms with Crippen LogP contribution in [0, 0.1) is 5.41 Å². The largest absolute Gasteiger partial charge is 0.417 e. The Bertz CT molecular complexity index is 723. The molecule has 11 heteroatoms. The molecule has 2 rings (SSSR count). The number of aromatic nitrogens is 3. The van der Waals surface area contributed by atoms with Gasteiger partial charge >= 0.3 is 6.18 Å². The summed E-state index contributed by atoms with van der Waals surface area (Å²) in [7, 11) is 0. The van der Waals surface area contributed by atoms with Crippen molar-refractivity contribution in [3.05, 3.63) is 29.7 Å². The quantitative estimate of drug-likeness (QED) is 0.759. The summed E-state index contributed by atoms with van der Waals surface area (Å²) < 4.78 is 39.7. The molecule has 0 unspecified atom stereocenters. The van der Waals surface area contributed by atoms with Crippen molar-refractivity contribution < 1.29 is 18.0 Å². The number of hydrogen-bond acceptors (Lipinski definition) is 4. The van der Waals surface area contributed by atoms with Crippen LogP contribution in [0.25, 0.3) is 5.65 Å². The third kappa shape index (κ3) is 4.77. The summed E-state index contributed by atoms with van der Waals surface area (Å²) in [6, 6.07) is 2.18. The fourth-order valence-electron chi connectivity index (χ4n) is 2.53. The van der Waals surface area contributed by atoms with Crippen molar-refractivity contribution in [2.45, 2.75) is 39.4 Å². The molecule has 0 saturated carbocycles. The van der Waals surface area contributed by atoms with E-state index in [2.05, 4.69) is 15.5 Å². The van der Waals surface area contributed by atoms with Crippen molar-refractivity contribution in [1.82, 2.24) is 19.9 Å². The second-order valence-corrected chi connectivity index (χ2v) is 5.63. The number of nitrogens with one attached hydrogen (secondary N) is 1. The van der Waals surface area contributed by atoms with Crippen molar-refractivity contribution in [2.24, 2.45) is 11.1 Å². The third-order valence-electron chi connectivity index (χ3n) is 4.43. The van der Waals surface area contributed by atoms with Crippen molar-refractivity contribution in [3.63, 3.8) is 0 Å². The number of nitrogens with zero attached hydrogens (tertiary/aromatic N) is 3. The van der Waals surface area contributed by atoms with Crippen molar-refractivity contribution >= 4 is 36.4 Å². The van der Waals surface area contributed by atoms with Crippen molar-refractivity contribution in [3.8, 4) is 0 Å². The molecule has 0 atom stereocenters. The van der Waals surface area contributed by atoms with Crippen LogP contribution in [-0.4, -0.2) is 27.0 Å². The van der Waals surface area contributed by atoms with E-state index in [0.717, 1.165) is 12.3 Å². The zero-order valence-electron chi connectivity index (χ0n) is 14.3. The summed E-state index contributed by atoms with van der Waals surface area (Å²) in [4.78, 5) is 12.4. The molecule has 0 aliphatic rings. The Labute approximate surface area is 161 Å². The van der Waals surface area contributed by atoms with E-state index in [0.29, 0.717) is 12.8 Å². The van der Waals surface area contributed by atoms with Crippen LogP contribution < -0.4 is 11.1 Å². The first-order valence-corrected chi connectivity index (χ1v) is 7.66. The van der Waals surface area contributed by atoms with Gasteiger partial charge in [-0.25, -0.2) is 0 Å². The van der Waals surface area contributed by atoms with Crippen LogP contribution in [0.2, 0.25) is 0 Å². The highest BCUT2D eigenvalue weighted by Gasteiger charge is 2.33. The number of fused-ring (bicyclic) bond motifs is 1. The molecular formula is C15H22Cl2F3N5O. The first-order valence-electron chi connectivity index (χ1n) is 7.66. The summed E-state index contributed by atoms with van der Waals surface area (Å²) in [5.74, 6) is -0.0127. The number of nitrogens with two attached hydrogens (primary N) is 1. The van der Waals surface area contributed by atoms with Gasteiger partial charge in [-0.1, -0.05) is 13.8 Å². The van der Waals surface area contributed by atoms with E-state index in [9.17, 15) is 18.0 Å². The molecule has 1 amide bonds. The number of carbonyl (C=O) groups excluding carboxylic acids is 1. The minimum atomic E-state index is -4.46. The van der Waals surface area contributed by atoms with E-state index in [1.165, 1.54) is 10.5 Å². The van der Waals surface area contributed by atoms with Gasteiger partial charge in [-0.15, -0.1) is 35.0 Å². The maximum atomic E-state index is 12.8. The van der Waals surface area contributed by atoms with Crippen LogP contribution in [0.15, 0.2) is 18.3 Å². The summed E-state index contributed by atoms with van der Waals surface area (Å²) >= 11 is 0. The van der Waals surface area contributed by atoms with Gasteiger partial charge in [-0.05, 0) is 25.0 Å². The Morgan fingerprint density at radius 2 is 1.81 bits per heavy atom.